The summed E-state index contributed by atoms with van der Waals surface area (Å²) in [4.78, 5) is 11.6. The minimum Gasteiger partial charge on any atom is -0.425 e. The molecule has 1 heterocycles. The fraction of sp³-hybridized carbons (Fsp3) is 0.750. The van der Waals surface area contributed by atoms with Gasteiger partial charge in [-0.3, -0.25) is 4.79 Å². The van der Waals surface area contributed by atoms with Crippen molar-refractivity contribution in [2.45, 2.75) is 47.0 Å². The molecule has 1 aromatic heterocycles. The first kappa shape index (κ1) is 13.7. The Labute approximate surface area is 102 Å². The summed E-state index contributed by atoms with van der Waals surface area (Å²) in [6, 6.07) is 0. The molecular formula is C12H21N3O2. The zero-order valence-electron chi connectivity index (χ0n) is 11.2. The number of nitrogens with zero attached hydrogens (tertiary/aromatic N) is 2. The van der Waals surface area contributed by atoms with Crippen LogP contribution >= 0.6 is 0 Å². The highest BCUT2D eigenvalue weighted by Gasteiger charge is 2.20. The lowest BCUT2D eigenvalue weighted by Gasteiger charge is -2.16. The molecule has 1 aromatic rings. The van der Waals surface area contributed by atoms with Gasteiger partial charge in [0, 0.05) is 24.3 Å². The molecule has 0 aromatic carbocycles. The van der Waals surface area contributed by atoms with Crippen LogP contribution < -0.4 is 5.32 Å². The topological polar surface area (TPSA) is 68.0 Å². The van der Waals surface area contributed by atoms with Gasteiger partial charge in [-0.15, -0.1) is 10.2 Å². The highest BCUT2D eigenvalue weighted by molar-refractivity contribution is 5.81. The van der Waals surface area contributed by atoms with Crippen LogP contribution in [0.2, 0.25) is 0 Å². The number of rotatable bonds is 4. The van der Waals surface area contributed by atoms with E-state index >= 15 is 0 Å². The van der Waals surface area contributed by atoms with Crippen molar-refractivity contribution < 1.29 is 9.21 Å². The Kier molecular flexibility index (Phi) is 4.26. The van der Waals surface area contributed by atoms with Crippen molar-refractivity contribution in [3.05, 3.63) is 11.8 Å². The van der Waals surface area contributed by atoms with E-state index in [1.807, 2.05) is 34.6 Å². The smallest absolute Gasteiger partial charge is 0.225 e. The van der Waals surface area contributed by atoms with E-state index in [4.69, 9.17) is 4.42 Å². The van der Waals surface area contributed by atoms with Crippen molar-refractivity contribution in [1.29, 1.82) is 0 Å². The van der Waals surface area contributed by atoms with Gasteiger partial charge in [-0.1, -0.05) is 34.6 Å². The van der Waals surface area contributed by atoms with Gasteiger partial charge in [0.2, 0.25) is 17.7 Å². The van der Waals surface area contributed by atoms with Gasteiger partial charge in [-0.2, -0.15) is 0 Å². The molecule has 1 rings (SSSR count). The van der Waals surface area contributed by atoms with Crippen LogP contribution in [0.4, 0.5) is 0 Å². The van der Waals surface area contributed by atoms with E-state index in [9.17, 15) is 4.79 Å². The molecule has 0 unspecified atom stereocenters. The van der Waals surface area contributed by atoms with Gasteiger partial charge in [0.05, 0.1) is 0 Å². The maximum absolute atomic E-state index is 11.6. The molecule has 1 amide bonds. The molecule has 0 saturated carbocycles. The fourth-order valence-electron chi connectivity index (χ4n) is 1.15. The molecule has 0 atom stereocenters. The Hall–Kier alpha value is -1.39. The van der Waals surface area contributed by atoms with Crippen LogP contribution in [-0.4, -0.2) is 22.6 Å². The summed E-state index contributed by atoms with van der Waals surface area (Å²) < 4.78 is 5.44. The van der Waals surface area contributed by atoms with Crippen molar-refractivity contribution in [3.63, 3.8) is 0 Å². The van der Waals surface area contributed by atoms with Crippen molar-refractivity contribution in [2.75, 3.05) is 6.54 Å². The molecule has 96 valence electrons. The zero-order valence-corrected chi connectivity index (χ0v) is 11.2. The molecule has 17 heavy (non-hydrogen) atoms. The van der Waals surface area contributed by atoms with E-state index in [-0.39, 0.29) is 17.2 Å². The predicted molar refractivity (Wildman–Crippen MR) is 64.6 cm³/mol. The van der Waals surface area contributed by atoms with Gasteiger partial charge in [0.25, 0.3) is 0 Å². The summed E-state index contributed by atoms with van der Waals surface area (Å²) in [5.74, 6) is 1.48. The Balaban J connectivity index is 2.38. The predicted octanol–water partition coefficient (Wildman–Crippen LogP) is 1.90. The third-order valence-electron chi connectivity index (χ3n) is 2.28. The highest BCUT2D eigenvalue weighted by Crippen LogP contribution is 2.13. The highest BCUT2D eigenvalue weighted by atomic mass is 16.4. The van der Waals surface area contributed by atoms with Crippen LogP contribution in [0.15, 0.2) is 4.42 Å². The minimum absolute atomic E-state index is 0.0288. The first-order valence-electron chi connectivity index (χ1n) is 5.91. The Morgan fingerprint density at radius 3 is 2.47 bits per heavy atom. The van der Waals surface area contributed by atoms with Gasteiger partial charge in [0.15, 0.2) is 0 Å². The maximum Gasteiger partial charge on any atom is 0.225 e. The summed E-state index contributed by atoms with van der Waals surface area (Å²) in [7, 11) is 0. The molecule has 5 heteroatoms. The van der Waals surface area contributed by atoms with Crippen LogP contribution in [0.1, 0.15) is 52.3 Å². The number of carbonyl (C=O) groups excluding carboxylic acids is 1. The number of hydrogen-bond acceptors (Lipinski definition) is 4. The normalized spacial score (nSPS) is 11.9. The number of carbonyl (C=O) groups is 1. The van der Waals surface area contributed by atoms with E-state index in [0.717, 1.165) is 0 Å². The Morgan fingerprint density at radius 1 is 1.35 bits per heavy atom. The number of hydrogen-bond donors (Lipinski definition) is 1. The van der Waals surface area contributed by atoms with E-state index in [0.29, 0.717) is 24.7 Å². The van der Waals surface area contributed by atoms with Gasteiger partial charge >= 0.3 is 0 Å². The molecule has 0 aliphatic rings. The molecule has 0 fully saturated rings. The number of amides is 1. The van der Waals surface area contributed by atoms with Crippen LogP contribution in [0.5, 0.6) is 0 Å². The van der Waals surface area contributed by atoms with Gasteiger partial charge in [0.1, 0.15) is 0 Å². The van der Waals surface area contributed by atoms with Gasteiger partial charge in [-0.25, -0.2) is 0 Å². The molecule has 5 nitrogen and oxygen atoms in total. The fourth-order valence-corrected chi connectivity index (χ4v) is 1.15. The third kappa shape index (κ3) is 4.17. The second kappa shape index (κ2) is 5.29. The van der Waals surface area contributed by atoms with E-state index in [1.54, 1.807) is 0 Å². The summed E-state index contributed by atoms with van der Waals surface area (Å²) in [6.07, 6.45) is 0.571. The molecular weight excluding hydrogens is 218 g/mol. The quantitative estimate of drug-likeness (QED) is 0.871. The van der Waals surface area contributed by atoms with Crippen LogP contribution in [-0.2, 0) is 11.2 Å². The average molecular weight is 239 g/mol. The van der Waals surface area contributed by atoms with E-state index in [1.165, 1.54) is 0 Å². The monoisotopic (exact) mass is 239 g/mol. The molecule has 0 spiro atoms. The van der Waals surface area contributed by atoms with Crippen LogP contribution in [0.25, 0.3) is 0 Å². The summed E-state index contributed by atoms with van der Waals surface area (Å²) >= 11 is 0. The number of nitrogens with one attached hydrogen (secondary N) is 1. The van der Waals surface area contributed by atoms with Crippen molar-refractivity contribution in [3.8, 4) is 0 Å². The molecule has 0 bridgehead atoms. The second-order valence-corrected chi connectivity index (χ2v) is 5.44. The zero-order chi connectivity index (χ0) is 13.1. The van der Waals surface area contributed by atoms with E-state index in [2.05, 4.69) is 15.5 Å². The molecule has 0 aliphatic heterocycles. The lowest BCUT2D eigenvalue weighted by atomic mass is 9.96. The second-order valence-electron chi connectivity index (χ2n) is 5.44. The first-order valence-corrected chi connectivity index (χ1v) is 5.91. The lowest BCUT2D eigenvalue weighted by molar-refractivity contribution is -0.128. The minimum atomic E-state index is -0.363. The van der Waals surface area contributed by atoms with Crippen molar-refractivity contribution in [2.24, 2.45) is 5.41 Å². The largest absolute Gasteiger partial charge is 0.425 e. The Bertz CT molecular complexity index is 377. The van der Waals surface area contributed by atoms with Crippen LogP contribution in [0.3, 0.4) is 0 Å². The molecule has 1 N–H and O–H groups in total. The van der Waals surface area contributed by atoms with E-state index < -0.39 is 0 Å². The number of aromatic nitrogens is 2. The van der Waals surface area contributed by atoms with Crippen molar-refractivity contribution >= 4 is 5.91 Å². The lowest BCUT2D eigenvalue weighted by Crippen LogP contribution is -2.35. The SMILES string of the molecule is CC(C)c1nnc(CCNC(=O)C(C)(C)C)o1. The molecule has 0 radical (unpaired) electrons. The summed E-state index contributed by atoms with van der Waals surface area (Å²) in [6.45, 7) is 10.2. The summed E-state index contributed by atoms with van der Waals surface area (Å²) in [5.41, 5.74) is -0.363. The van der Waals surface area contributed by atoms with Gasteiger partial charge in [-0.05, 0) is 0 Å². The van der Waals surface area contributed by atoms with Gasteiger partial charge < -0.3 is 9.73 Å². The van der Waals surface area contributed by atoms with Crippen LogP contribution in [0, 0.1) is 5.41 Å². The van der Waals surface area contributed by atoms with Crippen molar-refractivity contribution in [1.82, 2.24) is 15.5 Å². The molecule has 0 aliphatic carbocycles. The molecule has 0 saturated heterocycles. The Morgan fingerprint density at radius 2 is 2.00 bits per heavy atom. The third-order valence-corrected chi connectivity index (χ3v) is 2.28. The first-order chi connectivity index (χ1) is 7.80. The maximum atomic E-state index is 11.6. The average Bonchev–Trinajstić information content (AvgIpc) is 2.64. The standard InChI is InChI=1S/C12H21N3O2/c1-8(2)10-15-14-9(17-10)6-7-13-11(16)12(3,4)5/h8H,6-7H2,1-5H3,(H,13,16). The summed E-state index contributed by atoms with van der Waals surface area (Å²) in [5, 5.41) is 10.7.